The Balaban J connectivity index is 0.000000814. The summed E-state index contributed by atoms with van der Waals surface area (Å²) in [5.74, 6) is 5.52. The summed E-state index contributed by atoms with van der Waals surface area (Å²) in [6.07, 6.45) is 26.4. The van der Waals surface area contributed by atoms with Crippen LogP contribution in [0.5, 0.6) is 0 Å². The topological polar surface area (TPSA) is 114 Å². The molecule has 8 nitrogen and oxygen atoms in total. The number of nitrogens with zero attached hydrogens (tertiary/aromatic N) is 2. The number of benzene rings is 2. The Kier molecular flexibility index (Phi) is 22.3. The quantitative estimate of drug-likeness (QED) is 0.0682. The molecular formula is C38H60N2O6S2. The van der Waals surface area contributed by atoms with Gasteiger partial charge in [-0.15, -0.1) is 24.7 Å². The van der Waals surface area contributed by atoms with E-state index < -0.39 is 20.2 Å². The van der Waals surface area contributed by atoms with E-state index in [2.05, 4.69) is 40.0 Å². The number of terminal acetylenes is 2. The molecule has 0 spiro atoms. The first-order valence-electron chi connectivity index (χ1n) is 16.9. The summed E-state index contributed by atoms with van der Waals surface area (Å²) >= 11 is 0. The highest BCUT2D eigenvalue weighted by molar-refractivity contribution is 7.86. The van der Waals surface area contributed by atoms with Gasteiger partial charge in [0.15, 0.2) is 0 Å². The van der Waals surface area contributed by atoms with Crippen molar-refractivity contribution in [2.24, 2.45) is 0 Å². The van der Waals surface area contributed by atoms with Crippen LogP contribution in [-0.4, -0.2) is 89.3 Å². The number of rotatable bonds is 19. The van der Waals surface area contributed by atoms with Crippen molar-refractivity contribution < 1.29 is 34.9 Å². The van der Waals surface area contributed by atoms with Gasteiger partial charge in [-0.2, -0.15) is 0 Å². The highest BCUT2D eigenvalue weighted by Gasteiger charge is 2.13. The van der Waals surface area contributed by atoms with Gasteiger partial charge in [0, 0.05) is 0 Å². The summed E-state index contributed by atoms with van der Waals surface area (Å²) in [5.41, 5.74) is 1.86. The van der Waals surface area contributed by atoms with E-state index in [-0.39, 0.29) is 9.79 Å². The van der Waals surface area contributed by atoms with Crippen molar-refractivity contribution in [1.82, 2.24) is 0 Å². The van der Waals surface area contributed by atoms with Crippen molar-refractivity contribution in [3.05, 3.63) is 59.7 Å². The van der Waals surface area contributed by atoms with Crippen LogP contribution in [0.15, 0.2) is 58.3 Å². The summed E-state index contributed by atoms with van der Waals surface area (Å²) < 4.78 is 64.5. The average Bonchev–Trinajstić information content (AvgIpc) is 3.00. The number of unbranched alkanes of at least 4 members (excludes halogenated alkanes) is 9. The molecule has 2 aromatic rings. The summed E-state index contributed by atoms with van der Waals surface area (Å²) in [6, 6.07) is 11.6. The largest absolute Gasteiger partial charge is 0.744 e. The van der Waals surface area contributed by atoms with E-state index in [0.717, 1.165) is 46.0 Å². The molecule has 2 rings (SSSR count). The van der Waals surface area contributed by atoms with Crippen molar-refractivity contribution >= 4 is 20.2 Å². The summed E-state index contributed by atoms with van der Waals surface area (Å²) in [4.78, 5) is -0.355. The lowest BCUT2D eigenvalue weighted by atomic mass is 10.1. The molecule has 0 atom stereocenters. The van der Waals surface area contributed by atoms with Crippen LogP contribution in [0.1, 0.15) is 88.2 Å². The second-order valence-corrected chi connectivity index (χ2v) is 16.5. The summed E-state index contributed by atoms with van der Waals surface area (Å²) in [5, 5.41) is 0. The van der Waals surface area contributed by atoms with Crippen molar-refractivity contribution in [3.8, 4) is 24.7 Å². The van der Waals surface area contributed by atoms with Gasteiger partial charge < -0.3 is 18.1 Å². The minimum atomic E-state index is -4.27. The zero-order valence-corrected chi connectivity index (χ0v) is 31.9. The lowest BCUT2D eigenvalue weighted by molar-refractivity contribution is -0.890. The Hall–Kier alpha value is -2.70. The van der Waals surface area contributed by atoms with Gasteiger partial charge in [-0.25, -0.2) is 16.8 Å². The summed E-state index contributed by atoms with van der Waals surface area (Å²) in [6.45, 7) is 8.38. The number of hydrogen-bond donors (Lipinski definition) is 0. The first-order valence-corrected chi connectivity index (χ1v) is 19.7. The molecule has 0 aliphatic heterocycles. The molecule has 0 aliphatic rings. The van der Waals surface area contributed by atoms with E-state index >= 15 is 0 Å². The van der Waals surface area contributed by atoms with Gasteiger partial charge in [-0.1, -0.05) is 73.9 Å². The monoisotopic (exact) mass is 704 g/mol. The van der Waals surface area contributed by atoms with Gasteiger partial charge in [-0.3, -0.25) is 0 Å². The van der Waals surface area contributed by atoms with Crippen LogP contribution in [0.25, 0.3) is 0 Å². The smallest absolute Gasteiger partial charge is 0.124 e. The molecule has 0 aliphatic carbocycles. The van der Waals surface area contributed by atoms with E-state index in [0.29, 0.717) is 0 Å². The maximum atomic E-state index is 10.4. The van der Waals surface area contributed by atoms with Crippen LogP contribution in [0.3, 0.4) is 0 Å². The maximum Gasteiger partial charge on any atom is 0.124 e. The van der Waals surface area contributed by atoms with E-state index in [1.807, 2.05) is 13.8 Å². The minimum Gasteiger partial charge on any atom is -0.744 e. The van der Waals surface area contributed by atoms with Crippen molar-refractivity contribution in [2.75, 3.05) is 54.4 Å². The van der Waals surface area contributed by atoms with Crippen LogP contribution >= 0.6 is 0 Å². The summed E-state index contributed by atoms with van der Waals surface area (Å²) in [7, 11) is 0.653. The lowest BCUT2D eigenvalue weighted by Crippen LogP contribution is -2.41. The molecule has 0 bridgehead atoms. The Morgan fingerprint density at radius 1 is 0.500 bits per heavy atom. The van der Waals surface area contributed by atoms with E-state index in [1.54, 1.807) is 24.3 Å². The SMILES string of the molecule is C#CCC[N+](C)(C)CCCCCCCCCCCC[N+](C)(C)CCC#C.Cc1ccc(S(=O)(=O)[O-])cc1.Cc1ccc(S(=O)(=O)[O-])cc1. The fourth-order valence-corrected chi connectivity index (χ4v) is 5.80. The molecule has 0 saturated heterocycles. The highest BCUT2D eigenvalue weighted by Crippen LogP contribution is 2.13. The molecule has 0 fully saturated rings. The molecule has 0 radical (unpaired) electrons. The van der Waals surface area contributed by atoms with Crippen LogP contribution in [0.2, 0.25) is 0 Å². The average molecular weight is 705 g/mol. The standard InChI is InChI=1S/C24H46N2.2C7H8O3S/c1-7-9-21-25(3,4)23-19-17-15-13-11-12-14-16-18-20-24-26(5,6)22-10-8-2;2*1-6-2-4-7(5-3-6)11(8,9)10/h1-2H,9-24H2,3-6H3;2*2-5H,1H3,(H,8,9,10)/q+2;;/p-2. The molecule has 0 amide bonds. The first kappa shape index (κ1) is 45.3. The van der Waals surface area contributed by atoms with Gasteiger partial charge >= 0.3 is 0 Å². The molecule has 0 N–H and O–H groups in total. The van der Waals surface area contributed by atoms with Gasteiger partial charge in [0.1, 0.15) is 20.2 Å². The van der Waals surface area contributed by atoms with Crippen LogP contribution < -0.4 is 0 Å². The molecule has 270 valence electrons. The Bertz CT molecular complexity index is 1340. The van der Waals surface area contributed by atoms with Crippen molar-refractivity contribution in [3.63, 3.8) is 0 Å². The van der Waals surface area contributed by atoms with Crippen LogP contribution in [-0.2, 0) is 20.2 Å². The molecule has 0 aromatic heterocycles. The molecule has 10 heteroatoms. The lowest BCUT2D eigenvalue weighted by Gasteiger charge is -2.29. The predicted molar refractivity (Wildman–Crippen MR) is 195 cm³/mol. The predicted octanol–water partition coefficient (Wildman–Crippen LogP) is 6.89. The second-order valence-electron chi connectivity index (χ2n) is 13.7. The van der Waals surface area contributed by atoms with Crippen LogP contribution in [0, 0.1) is 38.5 Å². The molecule has 2 aromatic carbocycles. The highest BCUT2D eigenvalue weighted by atomic mass is 32.2. The van der Waals surface area contributed by atoms with Gasteiger partial charge in [0.25, 0.3) is 0 Å². The van der Waals surface area contributed by atoms with Gasteiger partial charge in [-0.05, 0) is 63.8 Å². The second kappa shape index (κ2) is 23.6. The Labute approximate surface area is 293 Å². The van der Waals surface area contributed by atoms with Crippen LogP contribution in [0.4, 0.5) is 0 Å². The van der Waals surface area contributed by atoms with Crippen molar-refractivity contribution in [2.45, 2.75) is 101 Å². The number of aryl methyl sites for hydroxylation is 2. The minimum absolute atomic E-state index is 0.178. The fraction of sp³-hybridized carbons (Fsp3) is 0.579. The Morgan fingerprint density at radius 3 is 0.979 bits per heavy atom. The third-order valence-electron chi connectivity index (χ3n) is 8.12. The molecule has 0 saturated carbocycles. The van der Waals surface area contributed by atoms with E-state index in [1.165, 1.54) is 102 Å². The zero-order chi connectivity index (χ0) is 36.7. The third kappa shape index (κ3) is 24.4. The molecule has 0 heterocycles. The third-order valence-corrected chi connectivity index (χ3v) is 9.82. The first-order chi connectivity index (χ1) is 22.3. The fourth-order valence-electron chi connectivity index (χ4n) is 4.86. The molecular weight excluding hydrogens is 645 g/mol. The molecule has 0 unspecified atom stereocenters. The number of hydrogen-bond acceptors (Lipinski definition) is 6. The van der Waals surface area contributed by atoms with Gasteiger partial charge in [0.05, 0.1) is 77.0 Å². The molecule has 48 heavy (non-hydrogen) atoms. The Morgan fingerprint density at radius 2 is 0.750 bits per heavy atom. The number of quaternary nitrogens is 2. The maximum absolute atomic E-state index is 10.4. The zero-order valence-electron chi connectivity index (χ0n) is 30.2. The van der Waals surface area contributed by atoms with Gasteiger partial charge in [0.2, 0.25) is 0 Å². The normalized spacial score (nSPS) is 11.7. The van der Waals surface area contributed by atoms with E-state index in [4.69, 9.17) is 12.8 Å². The van der Waals surface area contributed by atoms with Crippen molar-refractivity contribution in [1.29, 1.82) is 0 Å². The van der Waals surface area contributed by atoms with E-state index in [9.17, 15) is 25.9 Å².